The smallest absolute Gasteiger partial charge is 0.333 e. The van der Waals surface area contributed by atoms with Gasteiger partial charge in [-0.1, -0.05) is 37.5 Å². The van der Waals surface area contributed by atoms with Crippen LogP contribution in [0.5, 0.6) is 5.75 Å². The number of fused-ring (bicyclic) bond motifs is 1. The quantitative estimate of drug-likeness (QED) is 0.383. The van der Waals surface area contributed by atoms with Crippen molar-refractivity contribution in [1.29, 1.82) is 0 Å². The molecular formula is C29H38N4O6S. The van der Waals surface area contributed by atoms with Crippen LogP contribution in [0.2, 0.25) is 0 Å². The number of nitrogens with two attached hydrogens (primary N) is 1. The molecule has 2 amide bonds. The first-order valence-corrected chi connectivity index (χ1v) is 14.5. The van der Waals surface area contributed by atoms with Gasteiger partial charge in [-0.3, -0.25) is 19.0 Å². The fourth-order valence-corrected chi connectivity index (χ4v) is 6.53. The molecule has 3 aromatic rings. The van der Waals surface area contributed by atoms with E-state index >= 15 is 0 Å². The molecule has 1 aliphatic carbocycles. The van der Waals surface area contributed by atoms with Gasteiger partial charge in [0.05, 0.1) is 30.0 Å². The molecule has 0 bridgehead atoms. The molecule has 3 N–H and O–H groups in total. The van der Waals surface area contributed by atoms with Crippen LogP contribution in [-0.2, 0) is 21.6 Å². The minimum atomic E-state index is -1.62. The molecule has 0 spiro atoms. The number of methoxy groups -OCH3 is 1. The van der Waals surface area contributed by atoms with Gasteiger partial charge in [0.1, 0.15) is 22.2 Å². The summed E-state index contributed by atoms with van der Waals surface area (Å²) in [6.45, 7) is 6.81. The Bertz CT molecular complexity index is 1530. The second kappa shape index (κ2) is 12.0. The number of carbonyl (C=O) groups is 2. The number of nitrogens with zero attached hydrogens (tertiary/aromatic N) is 2. The van der Waals surface area contributed by atoms with Crippen molar-refractivity contribution in [3.05, 3.63) is 61.1 Å². The minimum absolute atomic E-state index is 0.00112. The van der Waals surface area contributed by atoms with Crippen molar-refractivity contribution in [2.75, 3.05) is 13.7 Å². The van der Waals surface area contributed by atoms with E-state index < -0.39 is 28.8 Å². The predicted molar refractivity (Wildman–Crippen MR) is 155 cm³/mol. The Labute approximate surface area is 237 Å². The average Bonchev–Trinajstić information content (AvgIpc) is 3.28. The molecule has 1 saturated carbocycles. The molecule has 11 heteroatoms. The molecule has 0 unspecified atom stereocenters. The summed E-state index contributed by atoms with van der Waals surface area (Å²) in [6, 6.07) is 7.48. The highest BCUT2D eigenvalue weighted by Gasteiger charge is 2.35. The highest BCUT2D eigenvalue weighted by atomic mass is 32.1. The topological polar surface area (TPSA) is 135 Å². The Balaban J connectivity index is 1.99. The molecule has 2 heterocycles. The van der Waals surface area contributed by atoms with E-state index in [2.05, 4.69) is 5.32 Å². The van der Waals surface area contributed by atoms with E-state index in [4.69, 9.17) is 15.2 Å². The van der Waals surface area contributed by atoms with Crippen LogP contribution in [0.3, 0.4) is 0 Å². The monoisotopic (exact) mass is 570 g/mol. The standard InChI is InChI=1S/C29H38N4O6S/c1-6-31-24(34)23-17(2)22-25(35)33(29(3,4)27(30)36)28(37)32(26(22)40-23)16-21(39-18-12-8-7-9-13-18)19-14-10-11-15-20(19)38-5/h10-11,14-15,18,21H,6-9,12-13,16H2,1-5H3,(H2,30,36)(H,31,34)/t21-/m0/s1. The molecule has 1 aliphatic rings. The number of hydrogen-bond donors (Lipinski definition) is 2. The molecule has 0 aliphatic heterocycles. The third-order valence-corrected chi connectivity index (χ3v) is 8.97. The van der Waals surface area contributed by atoms with Gasteiger partial charge in [-0.15, -0.1) is 11.3 Å². The lowest BCUT2D eigenvalue weighted by atomic mass is 9.97. The van der Waals surface area contributed by atoms with E-state index in [9.17, 15) is 19.2 Å². The summed E-state index contributed by atoms with van der Waals surface area (Å²) in [6.07, 6.45) is 4.49. The summed E-state index contributed by atoms with van der Waals surface area (Å²) in [4.78, 5) is 54.0. The van der Waals surface area contributed by atoms with E-state index in [-0.39, 0.29) is 23.9 Å². The van der Waals surface area contributed by atoms with Crippen LogP contribution in [0.15, 0.2) is 33.9 Å². The van der Waals surface area contributed by atoms with Gasteiger partial charge in [0.25, 0.3) is 11.5 Å². The Hall–Kier alpha value is -3.44. The number of primary amides is 1. The predicted octanol–water partition coefficient (Wildman–Crippen LogP) is 3.60. The molecule has 0 radical (unpaired) electrons. The molecular weight excluding hydrogens is 532 g/mol. The Kier molecular flexibility index (Phi) is 8.84. The lowest BCUT2D eigenvalue weighted by Crippen LogP contribution is -2.54. The van der Waals surface area contributed by atoms with Gasteiger partial charge < -0.3 is 20.5 Å². The minimum Gasteiger partial charge on any atom is -0.496 e. The maximum atomic E-state index is 14.1. The largest absolute Gasteiger partial charge is 0.496 e. The van der Waals surface area contributed by atoms with E-state index in [1.165, 1.54) is 18.4 Å². The lowest BCUT2D eigenvalue weighted by Gasteiger charge is -2.30. The van der Waals surface area contributed by atoms with Crippen LogP contribution in [-0.4, -0.2) is 40.7 Å². The molecule has 10 nitrogen and oxygen atoms in total. The lowest BCUT2D eigenvalue weighted by molar-refractivity contribution is -0.125. The number of para-hydroxylation sites is 1. The number of amides is 2. The number of benzene rings is 1. The highest BCUT2D eigenvalue weighted by Crippen LogP contribution is 2.35. The fraction of sp³-hybridized carbons (Fsp3) is 0.517. The molecule has 1 aromatic carbocycles. The summed E-state index contributed by atoms with van der Waals surface area (Å²) in [5.41, 5.74) is 3.90. The van der Waals surface area contributed by atoms with E-state index in [1.807, 2.05) is 24.3 Å². The number of carbonyl (C=O) groups excluding carboxylic acids is 2. The van der Waals surface area contributed by atoms with E-state index in [1.54, 1.807) is 21.0 Å². The maximum Gasteiger partial charge on any atom is 0.333 e. The summed E-state index contributed by atoms with van der Waals surface area (Å²) in [5, 5.41) is 2.98. The summed E-state index contributed by atoms with van der Waals surface area (Å²) in [7, 11) is 1.58. The second-order valence-electron chi connectivity index (χ2n) is 10.7. The van der Waals surface area contributed by atoms with Crippen LogP contribution < -0.4 is 27.0 Å². The molecule has 1 fully saturated rings. The molecule has 216 valence electrons. The first-order valence-electron chi connectivity index (χ1n) is 13.7. The average molecular weight is 571 g/mol. The molecule has 2 aromatic heterocycles. The second-order valence-corrected chi connectivity index (χ2v) is 11.7. The van der Waals surface area contributed by atoms with Crippen molar-refractivity contribution < 1.29 is 19.1 Å². The van der Waals surface area contributed by atoms with Crippen molar-refractivity contribution in [2.24, 2.45) is 5.73 Å². The van der Waals surface area contributed by atoms with Crippen molar-refractivity contribution in [2.45, 2.75) is 84.1 Å². The Morgan fingerprint density at radius 1 is 1.18 bits per heavy atom. The van der Waals surface area contributed by atoms with Crippen molar-refractivity contribution >= 4 is 33.4 Å². The van der Waals surface area contributed by atoms with Gasteiger partial charge in [-0.25, -0.2) is 9.36 Å². The summed E-state index contributed by atoms with van der Waals surface area (Å²) >= 11 is 1.08. The number of ether oxygens (including phenoxy) is 2. The molecule has 1 atom stereocenters. The highest BCUT2D eigenvalue weighted by molar-refractivity contribution is 7.20. The number of aromatic nitrogens is 2. The normalized spacial score (nSPS) is 15.2. The third kappa shape index (κ3) is 5.44. The first-order chi connectivity index (χ1) is 19.0. The number of aryl methyl sites for hydroxylation is 1. The van der Waals surface area contributed by atoms with Gasteiger partial charge in [-0.05, 0) is 52.2 Å². The summed E-state index contributed by atoms with van der Waals surface area (Å²) < 4.78 is 14.7. The van der Waals surface area contributed by atoms with Crippen LogP contribution in [0, 0.1) is 6.92 Å². The van der Waals surface area contributed by atoms with Gasteiger partial charge in [0.15, 0.2) is 0 Å². The summed E-state index contributed by atoms with van der Waals surface area (Å²) in [5.74, 6) is -0.544. The van der Waals surface area contributed by atoms with E-state index in [0.29, 0.717) is 27.6 Å². The van der Waals surface area contributed by atoms with Gasteiger partial charge in [0, 0.05) is 12.1 Å². The Morgan fingerprint density at radius 2 is 1.85 bits per heavy atom. The zero-order valence-corrected chi connectivity index (χ0v) is 24.6. The van der Waals surface area contributed by atoms with Crippen molar-refractivity contribution in [3.63, 3.8) is 0 Å². The molecule has 4 rings (SSSR count). The number of hydrogen-bond acceptors (Lipinski definition) is 7. The van der Waals surface area contributed by atoms with Gasteiger partial charge in [-0.2, -0.15) is 0 Å². The zero-order chi connectivity index (χ0) is 29.2. The van der Waals surface area contributed by atoms with Crippen LogP contribution >= 0.6 is 11.3 Å². The van der Waals surface area contributed by atoms with Crippen LogP contribution in [0.25, 0.3) is 10.2 Å². The number of rotatable bonds is 10. The first kappa shape index (κ1) is 29.5. The van der Waals surface area contributed by atoms with Crippen molar-refractivity contribution in [1.82, 2.24) is 14.5 Å². The van der Waals surface area contributed by atoms with Gasteiger partial charge in [0.2, 0.25) is 5.91 Å². The zero-order valence-electron chi connectivity index (χ0n) is 23.7. The van der Waals surface area contributed by atoms with E-state index in [0.717, 1.165) is 53.6 Å². The van der Waals surface area contributed by atoms with Gasteiger partial charge >= 0.3 is 5.69 Å². The van der Waals surface area contributed by atoms with Crippen LogP contribution in [0.1, 0.15) is 79.8 Å². The van der Waals surface area contributed by atoms with Crippen molar-refractivity contribution in [3.8, 4) is 5.75 Å². The van der Waals surface area contributed by atoms with Crippen LogP contribution in [0.4, 0.5) is 0 Å². The number of thiophene rings is 1. The molecule has 40 heavy (non-hydrogen) atoms. The number of nitrogens with one attached hydrogen (secondary N) is 1. The molecule has 0 saturated heterocycles. The Morgan fingerprint density at radius 3 is 2.48 bits per heavy atom. The SMILES string of the molecule is CCNC(=O)c1sc2c(c1C)c(=O)n(C(C)(C)C(N)=O)c(=O)n2C[C@H](OC1CCCCC1)c1ccccc1OC. The third-order valence-electron chi connectivity index (χ3n) is 7.66. The maximum absolute atomic E-state index is 14.1. The fourth-order valence-electron chi connectivity index (χ4n) is 5.31.